The van der Waals surface area contributed by atoms with E-state index in [1.807, 2.05) is 6.07 Å². The summed E-state index contributed by atoms with van der Waals surface area (Å²) in [7, 11) is 0. The number of aromatic nitrogens is 2. The minimum atomic E-state index is 0.369. The molecule has 0 spiro atoms. The zero-order chi connectivity index (χ0) is 14.9. The second-order valence-corrected chi connectivity index (χ2v) is 6.88. The number of benzene rings is 1. The largest absolute Gasteiger partial charge is 0.486 e. The van der Waals surface area contributed by atoms with Crippen LogP contribution >= 0.6 is 23.1 Å². The fourth-order valence-corrected chi connectivity index (χ4v) is 3.76. The number of ether oxygens (including phenoxy) is 2. The number of likely N-dealkylation sites (tertiary alicyclic amines) is 1. The van der Waals surface area contributed by atoms with E-state index < -0.39 is 0 Å². The summed E-state index contributed by atoms with van der Waals surface area (Å²) in [5, 5.41) is 4.13. The van der Waals surface area contributed by atoms with Gasteiger partial charge in [-0.2, -0.15) is 0 Å². The first-order chi connectivity index (χ1) is 10.8. The van der Waals surface area contributed by atoms with Crippen LogP contribution in [0.2, 0.25) is 4.34 Å². The Bertz CT molecular complexity index is 679. The van der Waals surface area contributed by atoms with Crippen LogP contribution in [0, 0.1) is 0 Å². The van der Waals surface area contributed by atoms with Crippen LogP contribution in [0.5, 0.6) is 11.5 Å². The van der Waals surface area contributed by atoms with Crippen molar-refractivity contribution in [1.82, 2.24) is 14.5 Å². The zero-order valence-electron chi connectivity index (χ0n) is 12.0. The van der Waals surface area contributed by atoms with Gasteiger partial charge >= 0.3 is 0 Å². The molecule has 1 aromatic carbocycles. The van der Waals surface area contributed by atoms with E-state index in [2.05, 4.69) is 26.6 Å². The van der Waals surface area contributed by atoms with Crippen molar-refractivity contribution in [2.24, 2.45) is 0 Å². The topological polar surface area (TPSA) is 47.5 Å². The fraction of sp³-hybridized carbons (Fsp3) is 0.467. The molecule has 1 aromatic heterocycles. The van der Waals surface area contributed by atoms with Gasteiger partial charge in [0, 0.05) is 24.1 Å². The van der Waals surface area contributed by atoms with Crippen LogP contribution < -0.4 is 9.47 Å². The Morgan fingerprint density at radius 2 is 2.14 bits per heavy atom. The van der Waals surface area contributed by atoms with Crippen molar-refractivity contribution in [3.8, 4) is 11.5 Å². The summed E-state index contributed by atoms with van der Waals surface area (Å²) in [5.74, 6) is 1.69. The van der Waals surface area contributed by atoms with Crippen molar-refractivity contribution in [3.05, 3.63) is 33.8 Å². The first-order valence-electron chi connectivity index (χ1n) is 7.41. The number of fused-ring (bicyclic) bond motifs is 1. The third-order valence-corrected chi connectivity index (χ3v) is 5.16. The number of halogens is 1. The van der Waals surface area contributed by atoms with Gasteiger partial charge in [-0.1, -0.05) is 22.2 Å². The Morgan fingerprint density at radius 3 is 2.95 bits per heavy atom. The molecule has 1 saturated heterocycles. The molecule has 1 fully saturated rings. The van der Waals surface area contributed by atoms with Crippen LogP contribution in [-0.4, -0.2) is 34.2 Å². The molecular weight excluding hydrogens is 322 g/mol. The molecule has 116 valence electrons. The van der Waals surface area contributed by atoms with E-state index in [1.165, 1.54) is 23.5 Å². The minimum absolute atomic E-state index is 0.369. The SMILES string of the molecule is Clc1snnc1CN1CCC[C@@H]1c1ccc2c(c1)OCCO2. The average Bonchev–Trinajstić information content (AvgIpc) is 3.17. The van der Waals surface area contributed by atoms with Gasteiger partial charge in [0.05, 0.1) is 0 Å². The lowest BCUT2D eigenvalue weighted by Gasteiger charge is -2.26. The fourth-order valence-electron chi connectivity index (χ4n) is 3.14. The van der Waals surface area contributed by atoms with Crippen LogP contribution in [0.15, 0.2) is 18.2 Å². The van der Waals surface area contributed by atoms with Crippen molar-refractivity contribution in [2.75, 3.05) is 19.8 Å². The molecule has 0 amide bonds. The summed E-state index contributed by atoms with van der Waals surface area (Å²) < 4.78 is 15.9. The summed E-state index contributed by atoms with van der Waals surface area (Å²) in [4.78, 5) is 2.41. The molecule has 0 N–H and O–H groups in total. The summed E-state index contributed by atoms with van der Waals surface area (Å²) in [6, 6.07) is 6.63. The van der Waals surface area contributed by atoms with E-state index in [4.69, 9.17) is 21.1 Å². The third-order valence-electron chi connectivity index (χ3n) is 4.18. The van der Waals surface area contributed by atoms with Gasteiger partial charge in [-0.15, -0.1) is 5.10 Å². The second-order valence-electron chi connectivity index (χ2n) is 5.52. The van der Waals surface area contributed by atoms with Gasteiger partial charge in [-0.3, -0.25) is 4.90 Å². The van der Waals surface area contributed by atoms with Crippen molar-refractivity contribution in [3.63, 3.8) is 0 Å². The van der Waals surface area contributed by atoms with E-state index >= 15 is 0 Å². The summed E-state index contributed by atoms with van der Waals surface area (Å²) >= 11 is 7.38. The van der Waals surface area contributed by atoms with Gasteiger partial charge in [-0.25, -0.2) is 0 Å². The van der Waals surface area contributed by atoms with E-state index in [-0.39, 0.29) is 0 Å². The zero-order valence-corrected chi connectivity index (χ0v) is 13.6. The van der Waals surface area contributed by atoms with Crippen LogP contribution in [0.25, 0.3) is 0 Å². The van der Waals surface area contributed by atoms with Gasteiger partial charge in [-0.05, 0) is 37.1 Å². The number of hydrogen-bond acceptors (Lipinski definition) is 6. The normalized spacial score (nSPS) is 21.2. The Kier molecular flexibility index (Phi) is 3.90. The maximum absolute atomic E-state index is 6.14. The van der Waals surface area contributed by atoms with Crippen molar-refractivity contribution >= 4 is 23.1 Å². The lowest BCUT2D eigenvalue weighted by molar-refractivity contribution is 0.170. The lowest BCUT2D eigenvalue weighted by atomic mass is 10.0. The quantitative estimate of drug-likeness (QED) is 0.860. The van der Waals surface area contributed by atoms with Crippen molar-refractivity contribution in [1.29, 1.82) is 0 Å². The first kappa shape index (κ1) is 14.2. The first-order valence-corrected chi connectivity index (χ1v) is 8.57. The monoisotopic (exact) mass is 337 g/mol. The molecule has 2 aromatic rings. The molecule has 0 saturated carbocycles. The van der Waals surface area contributed by atoms with Crippen LogP contribution in [-0.2, 0) is 6.54 Å². The van der Waals surface area contributed by atoms with E-state index in [9.17, 15) is 0 Å². The molecule has 0 unspecified atom stereocenters. The Hall–Kier alpha value is -1.37. The highest BCUT2D eigenvalue weighted by molar-refractivity contribution is 7.10. The van der Waals surface area contributed by atoms with Crippen molar-refractivity contribution in [2.45, 2.75) is 25.4 Å². The van der Waals surface area contributed by atoms with Gasteiger partial charge in [0.15, 0.2) is 11.5 Å². The number of rotatable bonds is 3. The molecule has 2 aliphatic rings. The maximum atomic E-state index is 6.14. The Labute approximate surface area is 138 Å². The van der Waals surface area contributed by atoms with Crippen LogP contribution in [0.1, 0.15) is 30.1 Å². The van der Waals surface area contributed by atoms with E-state index in [0.717, 1.165) is 36.7 Å². The Balaban J connectivity index is 1.57. The smallest absolute Gasteiger partial charge is 0.161 e. The van der Waals surface area contributed by atoms with E-state index in [0.29, 0.717) is 23.6 Å². The predicted molar refractivity (Wildman–Crippen MR) is 84.7 cm³/mol. The Morgan fingerprint density at radius 1 is 1.27 bits per heavy atom. The lowest BCUT2D eigenvalue weighted by Crippen LogP contribution is -2.23. The predicted octanol–water partition coefficient (Wildman–Crippen LogP) is 3.30. The van der Waals surface area contributed by atoms with E-state index in [1.54, 1.807) is 0 Å². The maximum Gasteiger partial charge on any atom is 0.161 e. The van der Waals surface area contributed by atoms with Crippen LogP contribution in [0.4, 0.5) is 0 Å². The number of nitrogens with zero attached hydrogens (tertiary/aromatic N) is 3. The van der Waals surface area contributed by atoms with Gasteiger partial charge < -0.3 is 9.47 Å². The summed E-state index contributed by atoms with van der Waals surface area (Å²) in [6.45, 7) is 3.03. The average molecular weight is 338 g/mol. The summed E-state index contributed by atoms with van der Waals surface area (Å²) in [5.41, 5.74) is 2.14. The molecule has 2 aliphatic heterocycles. The highest BCUT2D eigenvalue weighted by Gasteiger charge is 2.28. The molecule has 1 atom stereocenters. The highest BCUT2D eigenvalue weighted by Crippen LogP contribution is 2.39. The molecule has 7 heteroatoms. The number of hydrogen-bond donors (Lipinski definition) is 0. The highest BCUT2D eigenvalue weighted by atomic mass is 35.5. The molecule has 0 radical (unpaired) electrons. The standard InChI is InChI=1S/C15H16ClN3O2S/c16-15-11(17-18-22-15)9-19-5-1-2-12(19)10-3-4-13-14(8-10)21-7-6-20-13/h3-4,8,12H,1-2,5-7,9H2/t12-/m1/s1. The molecule has 3 heterocycles. The summed E-state index contributed by atoms with van der Waals surface area (Å²) in [6.07, 6.45) is 2.31. The second kappa shape index (κ2) is 6.02. The van der Waals surface area contributed by atoms with Gasteiger partial charge in [0.25, 0.3) is 0 Å². The molecule has 5 nitrogen and oxygen atoms in total. The third kappa shape index (κ3) is 2.66. The van der Waals surface area contributed by atoms with Crippen LogP contribution in [0.3, 0.4) is 0 Å². The molecular formula is C15H16ClN3O2S. The molecule has 0 bridgehead atoms. The van der Waals surface area contributed by atoms with Gasteiger partial charge in [0.2, 0.25) is 0 Å². The van der Waals surface area contributed by atoms with Crippen molar-refractivity contribution < 1.29 is 9.47 Å². The molecule has 4 rings (SSSR count). The molecule has 22 heavy (non-hydrogen) atoms. The minimum Gasteiger partial charge on any atom is -0.486 e. The van der Waals surface area contributed by atoms with Gasteiger partial charge in [0.1, 0.15) is 23.2 Å². The molecule has 0 aliphatic carbocycles.